The highest BCUT2D eigenvalue weighted by Crippen LogP contribution is 2.61. The maximum Gasteiger partial charge on any atom is 0.304 e. The predicted molar refractivity (Wildman–Crippen MR) is 125 cm³/mol. The molecule has 1 heterocycles. The summed E-state index contributed by atoms with van der Waals surface area (Å²) in [6.45, 7) is 0.424. The van der Waals surface area contributed by atoms with E-state index in [0.717, 1.165) is 32.1 Å². The second-order valence-electron chi connectivity index (χ2n) is 10.6. The minimum absolute atomic E-state index is 0.0125. The largest absolute Gasteiger partial charge is 0.370 e. The van der Waals surface area contributed by atoms with E-state index in [0.29, 0.717) is 54.9 Å². The number of nitriles is 1. The van der Waals surface area contributed by atoms with Crippen LogP contribution in [0.3, 0.4) is 0 Å². The van der Waals surface area contributed by atoms with E-state index in [1.165, 1.54) is 8.61 Å². The Balaban J connectivity index is 1.25. The topological polar surface area (TPSA) is 137 Å². The van der Waals surface area contributed by atoms with Crippen molar-refractivity contribution in [3.05, 3.63) is 29.8 Å². The number of nitrogens with zero attached hydrogens (tertiary/aromatic N) is 3. The fourth-order valence-corrected chi connectivity index (χ4v) is 8.96. The van der Waals surface area contributed by atoms with Gasteiger partial charge in [0, 0.05) is 25.6 Å². The SMILES string of the molecule is N#Cc1ccc(N2CCCN(CC(=O)NC3C4CC5CC3CC(CC(N)=O)(C5)C4)S2(=O)=O)cc1. The van der Waals surface area contributed by atoms with E-state index in [1.54, 1.807) is 24.3 Å². The van der Waals surface area contributed by atoms with E-state index in [2.05, 4.69) is 5.32 Å². The normalized spacial score (nSPS) is 33.9. The van der Waals surface area contributed by atoms with Gasteiger partial charge in [0.2, 0.25) is 11.8 Å². The lowest BCUT2D eigenvalue weighted by Gasteiger charge is -2.60. The third kappa shape index (κ3) is 4.16. The van der Waals surface area contributed by atoms with Gasteiger partial charge in [0.15, 0.2) is 0 Å². The van der Waals surface area contributed by atoms with Crippen LogP contribution in [0.5, 0.6) is 0 Å². The van der Waals surface area contributed by atoms with Crippen LogP contribution in [0.15, 0.2) is 24.3 Å². The summed E-state index contributed by atoms with van der Waals surface area (Å²) in [6.07, 6.45) is 6.01. The molecule has 0 aromatic heterocycles. The lowest BCUT2D eigenvalue weighted by molar-refractivity contribution is -0.134. The second-order valence-corrected chi connectivity index (χ2v) is 12.5. The van der Waals surface area contributed by atoms with Crippen LogP contribution in [0.4, 0.5) is 5.69 Å². The molecule has 182 valence electrons. The van der Waals surface area contributed by atoms with Gasteiger partial charge in [-0.15, -0.1) is 0 Å². The predicted octanol–water partition coefficient (Wildman–Crippen LogP) is 1.50. The number of nitrogens with one attached hydrogen (secondary N) is 1. The Morgan fingerprint density at radius 1 is 1.12 bits per heavy atom. The third-order valence-electron chi connectivity index (χ3n) is 8.25. The second kappa shape index (κ2) is 8.54. The zero-order chi connectivity index (χ0) is 24.1. The van der Waals surface area contributed by atoms with Crippen LogP contribution >= 0.6 is 0 Å². The van der Waals surface area contributed by atoms with E-state index < -0.39 is 10.2 Å². The van der Waals surface area contributed by atoms with E-state index >= 15 is 0 Å². The third-order valence-corrected chi connectivity index (χ3v) is 10.2. The van der Waals surface area contributed by atoms with Crippen LogP contribution < -0.4 is 15.4 Å². The Kier molecular flexibility index (Phi) is 5.81. The van der Waals surface area contributed by atoms with E-state index in [4.69, 9.17) is 11.0 Å². The number of hydrogen-bond donors (Lipinski definition) is 2. The molecule has 10 heteroatoms. The van der Waals surface area contributed by atoms with Gasteiger partial charge in [0.05, 0.1) is 23.9 Å². The van der Waals surface area contributed by atoms with Gasteiger partial charge in [0.1, 0.15) is 0 Å². The number of benzene rings is 1. The van der Waals surface area contributed by atoms with Gasteiger partial charge < -0.3 is 11.1 Å². The quantitative estimate of drug-likeness (QED) is 0.629. The molecule has 9 nitrogen and oxygen atoms in total. The van der Waals surface area contributed by atoms with Crippen molar-refractivity contribution < 1.29 is 18.0 Å². The van der Waals surface area contributed by atoms with E-state index in [1.807, 2.05) is 6.07 Å². The summed E-state index contributed by atoms with van der Waals surface area (Å²) in [4.78, 5) is 24.7. The molecule has 1 aromatic rings. The van der Waals surface area contributed by atoms with Crippen molar-refractivity contribution in [1.29, 1.82) is 5.26 Å². The Morgan fingerprint density at radius 3 is 2.41 bits per heavy atom. The number of primary amides is 1. The van der Waals surface area contributed by atoms with Crippen LogP contribution in [0.25, 0.3) is 0 Å². The number of carbonyl (C=O) groups is 2. The monoisotopic (exact) mass is 485 g/mol. The number of hydrogen-bond acceptors (Lipinski definition) is 5. The number of amides is 2. The molecule has 3 N–H and O–H groups in total. The highest BCUT2D eigenvalue weighted by atomic mass is 32.2. The molecule has 2 amide bonds. The van der Waals surface area contributed by atoms with Gasteiger partial charge in [-0.3, -0.25) is 13.9 Å². The van der Waals surface area contributed by atoms with Gasteiger partial charge in [-0.25, -0.2) is 0 Å². The summed E-state index contributed by atoms with van der Waals surface area (Å²) in [5, 5.41) is 12.2. The average Bonchev–Trinajstić information content (AvgIpc) is 2.76. The molecule has 0 radical (unpaired) electrons. The van der Waals surface area contributed by atoms with Gasteiger partial charge in [0.25, 0.3) is 0 Å². The van der Waals surface area contributed by atoms with Crippen molar-refractivity contribution in [2.45, 2.75) is 51.0 Å². The first-order chi connectivity index (χ1) is 16.2. The smallest absolute Gasteiger partial charge is 0.304 e. The molecule has 1 aliphatic heterocycles. The van der Waals surface area contributed by atoms with Crippen molar-refractivity contribution in [3.63, 3.8) is 0 Å². The summed E-state index contributed by atoms with van der Waals surface area (Å²) in [5.41, 5.74) is 6.48. The minimum Gasteiger partial charge on any atom is -0.370 e. The molecular formula is C24H31N5O4S. The zero-order valence-corrected chi connectivity index (χ0v) is 20.0. The van der Waals surface area contributed by atoms with Gasteiger partial charge in [-0.1, -0.05) is 0 Å². The summed E-state index contributed by atoms with van der Waals surface area (Å²) < 4.78 is 29.0. The van der Waals surface area contributed by atoms with Crippen molar-refractivity contribution >= 4 is 27.7 Å². The number of anilines is 1. The molecule has 5 aliphatic rings. The maximum atomic E-state index is 13.2. The van der Waals surface area contributed by atoms with E-state index in [-0.39, 0.29) is 29.8 Å². The van der Waals surface area contributed by atoms with Crippen LogP contribution in [0.2, 0.25) is 0 Å². The summed E-state index contributed by atoms with van der Waals surface area (Å²) >= 11 is 0. The molecule has 2 unspecified atom stereocenters. The molecule has 4 saturated carbocycles. The number of rotatable bonds is 6. The molecule has 5 fully saturated rings. The molecule has 34 heavy (non-hydrogen) atoms. The first kappa shape index (κ1) is 23.1. The van der Waals surface area contributed by atoms with Gasteiger partial charge in [-0.05, 0) is 86.0 Å². The fourth-order valence-electron chi connectivity index (χ4n) is 7.29. The van der Waals surface area contributed by atoms with Crippen LogP contribution in [-0.4, -0.2) is 50.2 Å². The average molecular weight is 486 g/mol. The van der Waals surface area contributed by atoms with E-state index in [9.17, 15) is 18.0 Å². The highest BCUT2D eigenvalue weighted by molar-refractivity contribution is 7.90. The Labute approximate surface area is 200 Å². The summed E-state index contributed by atoms with van der Waals surface area (Å²) in [7, 11) is -3.84. The molecular weight excluding hydrogens is 454 g/mol. The first-order valence-corrected chi connectivity index (χ1v) is 13.4. The minimum atomic E-state index is -3.84. The van der Waals surface area contributed by atoms with Gasteiger partial charge >= 0.3 is 10.2 Å². The Bertz CT molecular complexity index is 1110. The van der Waals surface area contributed by atoms with Crippen LogP contribution in [0.1, 0.15) is 50.5 Å². The molecule has 6 rings (SSSR count). The lowest BCUT2D eigenvalue weighted by atomic mass is 9.47. The number of carbonyl (C=O) groups excluding carboxylic acids is 2. The molecule has 4 bridgehead atoms. The van der Waals surface area contributed by atoms with Crippen molar-refractivity contribution in [3.8, 4) is 6.07 Å². The first-order valence-electron chi connectivity index (χ1n) is 12.0. The molecule has 1 saturated heterocycles. The molecule has 2 atom stereocenters. The summed E-state index contributed by atoms with van der Waals surface area (Å²) in [6, 6.07) is 8.49. The maximum absolute atomic E-state index is 13.2. The number of nitrogens with two attached hydrogens (primary N) is 1. The highest BCUT2D eigenvalue weighted by Gasteiger charge is 2.56. The summed E-state index contributed by atoms with van der Waals surface area (Å²) in [5.74, 6) is 0.718. The van der Waals surface area contributed by atoms with Crippen LogP contribution in [0, 0.1) is 34.5 Å². The zero-order valence-electron chi connectivity index (χ0n) is 19.2. The lowest BCUT2D eigenvalue weighted by Crippen LogP contribution is -2.61. The van der Waals surface area contributed by atoms with Crippen molar-refractivity contribution in [2.75, 3.05) is 23.9 Å². The van der Waals surface area contributed by atoms with Gasteiger partial charge in [-0.2, -0.15) is 18.0 Å². The van der Waals surface area contributed by atoms with Crippen molar-refractivity contribution in [2.24, 2.45) is 28.9 Å². The standard InChI is InChI=1S/C24H31N5O4S/c25-14-16-2-4-20(5-3-16)29-7-1-6-28(34(29,32)33)15-22(31)27-23-18-8-17-9-19(23)12-24(10-17,11-18)13-21(26)30/h2-5,17-19,23H,1,6-13,15H2,(H2,26,30)(H,27,31). The Morgan fingerprint density at radius 2 is 1.79 bits per heavy atom. The molecule has 1 aromatic carbocycles. The van der Waals surface area contributed by atoms with Crippen molar-refractivity contribution in [1.82, 2.24) is 9.62 Å². The molecule has 0 spiro atoms. The fraction of sp³-hybridized carbons (Fsp3) is 0.625. The Hall–Kier alpha value is -2.64. The molecule has 4 aliphatic carbocycles. The van der Waals surface area contributed by atoms with Crippen LogP contribution in [-0.2, 0) is 19.8 Å².